The number of carbonyl (C=O) groups is 1. The van der Waals surface area contributed by atoms with E-state index >= 15 is 0 Å². The van der Waals surface area contributed by atoms with Crippen molar-refractivity contribution >= 4 is 46.0 Å². The number of ether oxygens (including phenoxy) is 3. The highest BCUT2D eigenvalue weighted by molar-refractivity contribution is 14.1. The lowest BCUT2D eigenvalue weighted by atomic mass is 9.96. The zero-order chi connectivity index (χ0) is 28.2. The molecule has 1 aromatic heterocycles. The van der Waals surface area contributed by atoms with Gasteiger partial charge >= 0.3 is 5.97 Å². The predicted octanol–water partition coefficient (Wildman–Crippen LogP) is 4.99. The molecule has 0 spiro atoms. The average Bonchev–Trinajstić information content (AvgIpc) is 3.26. The molecule has 0 saturated heterocycles. The van der Waals surface area contributed by atoms with Crippen LogP contribution in [0.15, 0.2) is 93.9 Å². The maximum absolute atomic E-state index is 13.8. The molecule has 3 aromatic carbocycles. The normalized spacial score (nSPS) is 14.9. The summed E-state index contributed by atoms with van der Waals surface area (Å²) in [7, 11) is 1.62. The van der Waals surface area contributed by atoms with Crippen LogP contribution >= 0.6 is 33.9 Å². The first kappa shape index (κ1) is 27.9. The van der Waals surface area contributed by atoms with Crippen LogP contribution in [0.1, 0.15) is 36.6 Å². The van der Waals surface area contributed by atoms with Crippen LogP contribution in [-0.2, 0) is 16.1 Å². The summed E-state index contributed by atoms with van der Waals surface area (Å²) in [5, 5.41) is 0. The Morgan fingerprint density at radius 1 is 1.10 bits per heavy atom. The molecule has 0 bridgehead atoms. The quantitative estimate of drug-likeness (QED) is 0.196. The van der Waals surface area contributed by atoms with Crippen molar-refractivity contribution in [2.45, 2.75) is 26.5 Å². The Labute approximate surface area is 249 Å². The highest BCUT2D eigenvalue weighted by atomic mass is 127. The third kappa shape index (κ3) is 5.75. The summed E-state index contributed by atoms with van der Waals surface area (Å²) in [4.78, 5) is 32.0. The second-order valence-electron chi connectivity index (χ2n) is 9.03. The second kappa shape index (κ2) is 12.2. The largest absolute Gasteiger partial charge is 0.496 e. The number of thiazole rings is 1. The zero-order valence-electron chi connectivity index (χ0n) is 22.2. The summed E-state index contributed by atoms with van der Waals surface area (Å²) in [6.07, 6.45) is 1.84. The summed E-state index contributed by atoms with van der Waals surface area (Å²) < 4.78 is 20.1. The fourth-order valence-corrected chi connectivity index (χ4v) is 5.99. The molecule has 1 aliphatic rings. The SMILES string of the molecule is CCOC(=O)C1=C(C)N=c2sc(=Cc3ccc(OC)c(COc4ccc(I)cc4)c3)c(=O)n2[C@H]1c1ccccc1. The molecule has 1 atom stereocenters. The molecule has 0 fully saturated rings. The predicted molar refractivity (Wildman–Crippen MR) is 163 cm³/mol. The molecule has 0 unspecified atom stereocenters. The van der Waals surface area contributed by atoms with Crippen molar-refractivity contribution in [2.24, 2.45) is 4.99 Å². The number of nitrogens with zero attached hydrogens (tertiary/aromatic N) is 2. The third-order valence-corrected chi connectivity index (χ3v) is 8.14. The van der Waals surface area contributed by atoms with E-state index in [0.717, 1.165) is 26.0 Å². The Hall–Kier alpha value is -3.70. The Kier molecular flexibility index (Phi) is 8.51. The maximum atomic E-state index is 13.8. The molecule has 0 saturated carbocycles. The molecule has 5 rings (SSSR count). The first-order valence-electron chi connectivity index (χ1n) is 12.7. The summed E-state index contributed by atoms with van der Waals surface area (Å²) in [5.41, 5.74) is 3.17. The van der Waals surface area contributed by atoms with Gasteiger partial charge in [-0.05, 0) is 90.0 Å². The van der Waals surface area contributed by atoms with Crippen LogP contribution in [0.5, 0.6) is 11.5 Å². The second-order valence-corrected chi connectivity index (χ2v) is 11.3. The molecule has 0 aliphatic carbocycles. The molecule has 0 N–H and O–H groups in total. The molecule has 7 nitrogen and oxygen atoms in total. The van der Waals surface area contributed by atoms with Crippen LogP contribution in [-0.4, -0.2) is 24.3 Å². The fraction of sp³-hybridized carbons (Fsp3) is 0.194. The molecule has 40 heavy (non-hydrogen) atoms. The van der Waals surface area contributed by atoms with Gasteiger partial charge in [-0.2, -0.15) is 0 Å². The van der Waals surface area contributed by atoms with Gasteiger partial charge in [0.1, 0.15) is 18.1 Å². The number of aromatic nitrogens is 1. The topological polar surface area (TPSA) is 79.1 Å². The minimum atomic E-state index is -0.632. The monoisotopic (exact) mass is 666 g/mol. The van der Waals surface area contributed by atoms with Gasteiger partial charge in [0.05, 0.1) is 35.6 Å². The van der Waals surface area contributed by atoms with E-state index < -0.39 is 12.0 Å². The number of methoxy groups -OCH3 is 1. The van der Waals surface area contributed by atoms with E-state index in [1.54, 1.807) is 25.5 Å². The van der Waals surface area contributed by atoms with Crippen molar-refractivity contribution in [1.29, 1.82) is 0 Å². The number of hydrogen-bond donors (Lipinski definition) is 0. The van der Waals surface area contributed by atoms with E-state index in [4.69, 9.17) is 14.2 Å². The number of carbonyl (C=O) groups excluding carboxylic acids is 1. The molecule has 0 amide bonds. The van der Waals surface area contributed by atoms with Gasteiger partial charge < -0.3 is 14.2 Å². The molecular weight excluding hydrogens is 639 g/mol. The number of benzene rings is 3. The van der Waals surface area contributed by atoms with Crippen molar-refractivity contribution in [3.63, 3.8) is 0 Å². The lowest BCUT2D eigenvalue weighted by molar-refractivity contribution is -0.139. The van der Waals surface area contributed by atoms with Crippen LogP contribution in [0.3, 0.4) is 0 Å². The van der Waals surface area contributed by atoms with Crippen LogP contribution in [0.25, 0.3) is 6.08 Å². The number of esters is 1. The Morgan fingerprint density at radius 2 is 1.85 bits per heavy atom. The number of hydrogen-bond acceptors (Lipinski definition) is 7. The Bertz CT molecular complexity index is 1760. The average molecular weight is 667 g/mol. The van der Waals surface area contributed by atoms with Crippen LogP contribution in [0, 0.1) is 3.57 Å². The van der Waals surface area contributed by atoms with Crippen molar-refractivity contribution in [3.05, 3.63) is 124 Å². The van der Waals surface area contributed by atoms with Crippen molar-refractivity contribution in [3.8, 4) is 11.5 Å². The van der Waals surface area contributed by atoms with Gasteiger partial charge in [0.2, 0.25) is 0 Å². The van der Waals surface area contributed by atoms with Crippen molar-refractivity contribution in [2.75, 3.05) is 13.7 Å². The lowest BCUT2D eigenvalue weighted by Gasteiger charge is -2.24. The smallest absolute Gasteiger partial charge is 0.338 e. The molecule has 0 radical (unpaired) electrons. The van der Waals surface area contributed by atoms with Crippen LogP contribution in [0.2, 0.25) is 0 Å². The standard InChI is InChI=1S/C31H27IN2O5S/c1-4-38-30(36)27-19(2)33-31-34(28(27)21-8-6-5-7-9-21)29(35)26(40-31)17-20-10-15-25(37-3)22(16-20)18-39-24-13-11-23(32)12-14-24/h5-17,28H,4,18H2,1-3H3/t28-/m0/s1. The van der Waals surface area contributed by atoms with E-state index in [2.05, 4.69) is 27.6 Å². The lowest BCUT2D eigenvalue weighted by Crippen LogP contribution is -2.39. The molecule has 204 valence electrons. The minimum absolute atomic E-state index is 0.223. The number of allylic oxidation sites excluding steroid dienone is 1. The van der Waals surface area contributed by atoms with E-state index in [-0.39, 0.29) is 12.2 Å². The first-order chi connectivity index (χ1) is 19.4. The van der Waals surface area contributed by atoms with Gasteiger partial charge in [-0.1, -0.05) is 47.7 Å². The van der Waals surface area contributed by atoms with Gasteiger partial charge in [-0.15, -0.1) is 0 Å². The molecule has 1 aliphatic heterocycles. The van der Waals surface area contributed by atoms with Crippen molar-refractivity contribution in [1.82, 2.24) is 4.57 Å². The molecule has 4 aromatic rings. The van der Waals surface area contributed by atoms with E-state index in [9.17, 15) is 9.59 Å². The number of halogens is 1. The van der Waals surface area contributed by atoms with Gasteiger partial charge in [0.15, 0.2) is 4.80 Å². The number of rotatable bonds is 8. The zero-order valence-corrected chi connectivity index (χ0v) is 25.2. The molecular formula is C31H27IN2O5S. The summed E-state index contributed by atoms with van der Waals surface area (Å²) in [6, 6.07) is 22.4. The van der Waals surface area contributed by atoms with Gasteiger partial charge in [-0.25, -0.2) is 9.79 Å². The van der Waals surface area contributed by atoms with E-state index in [1.165, 1.54) is 11.3 Å². The summed E-state index contributed by atoms with van der Waals surface area (Å²) >= 11 is 3.55. The Balaban J connectivity index is 1.56. The molecule has 2 heterocycles. The third-order valence-electron chi connectivity index (χ3n) is 6.44. The Morgan fingerprint density at radius 3 is 2.55 bits per heavy atom. The van der Waals surface area contributed by atoms with E-state index in [1.807, 2.05) is 78.9 Å². The van der Waals surface area contributed by atoms with E-state index in [0.29, 0.717) is 33.0 Å². The maximum Gasteiger partial charge on any atom is 0.338 e. The van der Waals surface area contributed by atoms with Gasteiger partial charge in [0.25, 0.3) is 5.56 Å². The van der Waals surface area contributed by atoms with Crippen LogP contribution in [0.4, 0.5) is 0 Å². The first-order valence-corrected chi connectivity index (χ1v) is 14.6. The van der Waals surface area contributed by atoms with Gasteiger partial charge in [-0.3, -0.25) is 9.36 Å². The van der Waals surface area contributed by atoms with Gasteiger partial charge in [0, 0.05) is 9.13 Å². The summed E-state index contributed by atoms with van der Waals surface area (Å²) in [5.74, 6) is 0.984. The van der Waals surface area contributed by atoms with Crippen molar-refractivity contribution < 1.29 is 19.0 Å². The fourth-order valence-electron chi connectivity index (χ4n) is 4.59. The highest BCUT2D eigenvalue weighted by Gasteiger charge is 2.33. The number of fused-ring (bicyclic) bond motifs is 1. The molecule has 9 heteroatoms. The summed E-state index contributed by atoms with van der Waals surface area (Å²) in [6.45, 7) is 4.08. The highest BCUT2D eigenvalue weighted by Crippen LogP contribution is 2.30. The van der Waals surface area contributed by atoms with Crippen LogP contribution < -0.4 is 24.4 Å². The minimum Gasteiger partial charge on any atom is -0.496 e.